The second-order valence-electron chi connectivity index (χ2n) is 7.76. The maximum atomic E-state index is 8.65. The Bertz CT molecular complexity index is 639. The van der Waals surface area contributed by atoms with E-state index < -0.39 is 0 Å². The summed E-state index contributed by atoms with van der Waals surface area (Å²) in [6.45, 7) is 3.01. The highest BCUT2D eigenvalue weighted by molar-refractivity contribution is 6.10. The summed E-state index contributed by atoms with van der Waals surface area (Å²) in [5.41, 5.74) is 3.19. The number of hydrogen-bond donors (Lipinski definition) is 1. The topological polar surface area (TPSA) is 81.2 Å². The molecule has 0 bridgehead atoms. The zero-order valence-corrected chi connectivity index (χ0v) is 18.7. The summed E-state index contributed by atoms with van der Waals surface area (Å²) in [7, 11) is 0. The molecule has 164 valence electrons. The minimum Gasteiger partial charge on any atom is -0.494 e. The smallest absolute Gasteiger partial charge is 0.237 e. The fourth-order valence-electron chi connectivity index (χ4n) is 3.31. The van der Waals surface area contributed by atoms with E-state index in [0.717, 1.165) is 18.8 Å². The molecule has 5 nitrogen and oxygen atoms in total. The van der Waals surface area contributed by atoms with E-state index in [9.17, 15) is 0 Å². The van der Waals surface area contributed by atoms with E-state index in [2.05, 4.69) is 17.5 Å². The van der Waals surface area contributed by atoms with Crippen LogP contribution in [0.2, 0.25) is 0 Å². The van der Waals surface area contributed by atoms with Crippen molar-refractivity contribution in [1.82, 2.24) is 0 Å². The van der Waals surface area contributed by atoms with E-state index in [0.29, 0.717) is 5.69 Å². The molecule has 0 aliphatic heterocycles. The minimum atomic E-state index is -0.201. The second-order valence-corrected chi connectivity index (χ2v) is 7.76. The average molecular weight is 411 g/mol. The Kier molecular flexibility index (Phi) is 15.7. The normalized spacial score (nSPS) is 10.1. The van der Waals surface area contributed by atoms with E-state index in [1.165, 1.54) is 83.5 Å². The van der Waals surface area contributed by atoms with E-state index in [4.69, 9.17) is 15.3 Å². The van der Waals surface area contributed by atoms with Gasteiger partial charge < -0.3 is 4.74 Å². The molecule has 0 aliphatic carbocycles. The molecule has 0 heterocycles. The van der Waals surface area contributed by atoms with Gasteiger partial charge in [-0.3, -0.25) is 5.43 Å². The molecule has 1 aromatic carbocycles. The SMILES string of the molecule is CCCCCCCCCCCCCCCCOc1ccc(NN=C(C#N)C#N)cc1. The van der Waals surface area contributed by atoms with Crippen molar-refractivity contribution in [2.24, 2.45) is 5.10 Å². The molecule has 5 heteroatoms. The van der Waals surface area contributed by atoms with Crippen LogP contribution < -0.4 is 10.2 Å². The molecule has 0 saturated heterocycles. The number of nitrogens with one attached hydrogen (secondary N) is 1. The monoisotopic (exact) mass is 410 g/mol. The number of rotatable bonds is 18. The zero-order chi connectivity index (χ0) is 21.7. The third kappa shape index (κ3) is 13.6. The standard InChI is InChI=1S/C25H38N4O/c1-2-3-4-5-6-7-8-9-10-11-12-13-14-15-20-30-25-18-16-23(17-19-25)28-29-24(21-26)22-27/h16-19,28H,2-15,20H2,1H3. The predicted octanol–water partition coefficient (Wildman–Crippen LogP) is 7.36. The van der Waals surface area contributed by atoms with Gasteiger partial charge in [-0.1, -0.05) is 90.4 Å². The van der Waals surface area contributed by atoms with Crippen LogP contribution in [-0.2, 0) is 0 Å². The number of unbranched alkanes of at least 4 members (excludes halogenated alkanes) is 13. The minimum absolute atomic E-state index is 0.201. The van der Waals surface area contributed by atoms with Crippen LogP contribution >= 0.6 is 0 Å². The lowest BCUT2D eigenvalue weighted by molar-refractivity contribution is 0.304. The Morgan fingerprint density at radius 2 is 1.23 bits per heavy atom. The number of hydrogen-bond acceptors (Lipinski definition) is 5. The van der Waals surface area contributed by atoms with Crippen LogP contribution in [0.4, 0.5) is 5.69 Å². The van der Waals surface area contributed by atoms with Crippen molar-refractivity contribution in [3.63, 3.8) is 0 Å². The molecule has 1 rings (SSSR count). The van der Waals surface area contributed by atoms with Crippen LogP contribution in [0, 0.1) is 22.7 Å². The predicted molar refractivity (Wildman–Crippen MR) is 125 cm³/mol. The van der Waals surface area contributed by atoms with Crippen LogP contribution in [-0.4, -0.2) is 12.3 Å². The summed E-state index contributed by atoms with van der Waals surface area (Å²) < 4.78 is 5.77. The second kappa shape index (κ2) is 18.5. The number of hydrazone groups is 1. The summed E-state index contributed by atoms with van der Waals surface area (Å²) >= 11 is 0. The van der Waals surface area contributed by atoms with E-state index >= 15 is 0 Å². The van der Waals surface area contributed by atoms with Crippen molar-refractivity contribution in [3.8, 4) is 17.9 Å². The van der Waals surface area contributed by atoms with Crippen LogP contribution in [0.1, 0.15) is 96.8 Å². The van der Waals surface area contributed by atoms with Crippen LogP contribution in [0.15, 0.2) is 29.4 Å². The molecular formula is C25H38N4O. The molecule has 0 aromatic heterocycles. The van der Waals surface area contributed by atoms with Crippen molar-refractivity contribution in [3.05, 3.63) is 24.3 Å². The molecular weight excluding hydrogens is 372 g/mol. The highest BCUT2D eigenvalue weighted by Crippen LogP contribution is 2.17. The van der Waals surface area contributed by atoms with Crippen molar-refractivity contribution in [2.45, 2.75) is 96.8 Å². The first-order valence-electron chi connectivity index (χ1n) is 11.7. The number of nitriles is 2. The fraction of sp³-hybridized carbons (Fsp3) is 0.640. The number of anilines is 1. The summed E-state index contributed by atoms with van der Waals surface area (Å²) in [6, 6.07) is 10.8. The van der Waals surface area contributed by atoms with Gasteiger partial charge in [0.1, 0.15) is 17.9 Å². The zero-order valence-electron chi connectivity index (χ0n) is 18.7. The van der Waals surface area contributed by atoms with Gasteiger partial charge in [-0.05, 0) is 30.7 Å². The molecule has 0 aliphatic rings. The molecule has 0 radical (unpaired) electrons. The van der Waals surface area contributed by atoms with Gasteiger partial charge in [0, 0.05) is 0 Å². The first kappa shape index (κ1) is 25.5. The lowest BCUT2D eigenvalue weighted by Crippen LogP contribution is -1.98. The van der Waals surface area contributed by atoms with Gasteiger partial charge in [-0.15, -0.1) is 0 Å². The van der Waals surface area contributed by atoms with Crippen molar-refractivity contribution < 1.29 is 4.74 Å². The lowest BCUT2D eigenvalue weighted by Gasteiger charge is -2.07. The van der Waals surface area contributed by atoms with Crippen LogP contribution in [0.3, 0.4) is 0 Å². The molecule has 0 atom stereocenters. The van der Waals surface area contributed by atoms with Crippen molar-refractivity contribution in [1.29, 1.82) is 10.5 Å². The Labute approximate surface area is 183 Å². The molecule has 0 amide bonds. The molecule has 0 spiro atoms. The van der Waals surface area contributed by atoms with E-state index in [1.54, 1.807) is 12.1 Å². The highest BCUT2D eigenvalue weighted by Gasteiger charge is 1.98. The summed E-state index contributed by atoms with van der Waals surface area (Å²) in [6.07, 6.45) is 18.9. The molecule has 0 unspecified atom stereocenters. The first-order valence-corrected chi connectivity index (χ1v) is 11.7. The largest absolute Gasteiger partial charge is 0.494 e. The van der Waals surface area contributed by atoms with Gasteiger partial charge in [-0.2, -0.15) is 15.6 Å². The van der Waals surface area contributed by atoms with Crippen LogP contribution in [0.25, 0.3) is 0 Å². The third-order valence-electron chi connectivity index (χ3n) is 5.13. The Hall–Kier alpha value is -2.53. The van der Waals surface area contributed by atoms with Crippen LogP contribution in [0.5, 0.6) is 5.75 Å². The Balaban J connectivity index is 1.94. The van der Waals surface area contributed by atoms with Gasteiger partial charge in [0.15, 0.2) is 0 Å². The average Bonchev–Trinajstić information content (AvgIpc) is 2.78. The number of benzene rings is 1. The Morgan fingerprint density at radius 1 is 0.767 bits per heavy atom. The van der Waals surface area contributed by atoms with E-state index in [-0.39, 0.29) is 5.71 Å². The maximum Gasteiger partial charge on any atom is 0.237 e. The number of ether oxygens (including phenoxy) is 1. The first-order chi connectivity index (χ1) is 14.8. The van der Waals surface area contributed by atoms with E-state index in [1.807, 2.05) is 24.3 Å². The summed E-state index contributed by atoms with van der Waals surface area (Å²) in [5.74, 6) is 0.819. The molecule has 0 fully saturated rings. The van der Waals surface area contributed by atoms with Gasteiger partial charge in [0.2, 0.25) is 5.71 Å². The molecule has 30 heavy (non-hydrogen) atoms. The number of nitrogens with zero attached hydrogens (tertiary/aromatic N) is 3. The van der Waals surface area contributed by atoms with Crippen molar-refractivity contribution in [2.75, 3.05) is 12.0 Å². The Morgan fingerprint density at radius 3 is 1.70 bits per heavy atom. The molecule has 0 saturated carbocycles. The van der Waals surface area contributed by atoms with Gasteiger partial charge in [0.25, 0.3) is 0 Å². The maximum absolute atomic E-state index is 8.65. The molecule has 1 N–H and O–H groups in total. The highest BCUT2D eigenvalue weighted by atomic mass is 16.5. The van der Waals surface area contributed by atoms with Gasteiger partial charge in [0.05, 0.1) is 12.3 Å². The lowest BCUT2D eigenvalue weighted by atomic mass is 10.0. The summed E-state index contributed by atoms with van der Waals surface area (Å²) in [5, 5.41) is 21.0. The van der Waals surface area contributed by atoms with Gasteiger partial charge >= 0.3 is 0 Å². The van der Waals surface area contributed by atoms with Gasteiger partial charge in [-0.25, -0.2) is 0 Å². The quantitative estimate of drug-likeness (QED) is 0.156. The third-order valence-corrected chi connectivity index (χ3v) is 5.13. The van der Waals surface area contributed by atoms with Crippen molar-refractivity contribution >= 4 is 11.4 Å². The molecule has 1 aromatic rings. The summed E-state index contributed by atoms with van der Waals surface area (Å²) in [4.78, 5) is 0. The fourth-order valence-corrected chi connectivity index (χ4v) is 3.31.